The van der Waals surface area contributed by atoms with Crippen LogP contribution in [-0.4, -0.2) is 73.7 Å². The molecule has 4 rings (SSSR count). The molecule has 0 bridgehead atoms. The number of piperazine rings is 1. The molecule has 0 spiro atoms. The quantitative estimate of drug-likeness (QED) is 0.640. The van der Waals surface area contributed by atoms with Crippen LogP contribution in [0.1, 0.15) is 35.7 Å². The van der Waals surface area contributed by atoms with Crippen molar-refractivity contribution in [2.75, 3.05) is 51.8 Å². The third-order valence-corrected chi connectivity index (χ3v) is 6.72. The Bertz CT molecular complexity index is 1150. The Balaban J connectivity index is 1.44. The lowest BCUT2D eigenvalue weighted by atomic mass is 10.0. The fourth-order valence-electron chi connectivity index (χ4n) is 3.84. The SMILES string of the molecule is CN(C)C(=O)c1ccc(-c2cnc(N3CCN(C(=O)OCC4(C)CC4)CC3)c(C#N)c2)cc1Cl. The summed E-state index contributed by atoms with van der Waals surface area (Å²) in [5.41, 5.74) is 2.54. The number of ether oxygens (including phenoxy) is 1. The summed E-state index contributed by atoms with van der Waals surface area (Å²) in [7, 11) is 3.34. The van der Waals surface area contributed by atoms with E-state index in [1.807, 2.05) is 4.90 Å². The van der Waals surface area contributed by atoms with Gasteiger partial charge in [0.15, 0.2) is 0 Å². The summed E-state index contributed by atoms with van der Waals surface area (Å²) >= 11 is 6.35. The maximum absolute atomic E-state index is 12.4. The van der Waals surface area contributed by atoms with Crippen LogP contribution in [0, 0.1) is 16.7 Å². The average Bonchev–Trinajstić information content (AvgIpc) is 3.59. The summed E-state index contributed by atoms with van der Waals surface area (Å²) in [6, 6.07) is 9.20. The zero-order chi connectivity index (χ0) is 24.5. The molecule has 1 aliphatic carbocycles. The maximum atomic E-state index is 12.4. The molecule has 2 aromatic rings. The second-order valence-electron chi connectivity index (χ2n) is 9.44. The second kappa shape index (κ2) is 9.51. The van der Waals surface area contributed by atoms with Crippen molar-refractivity contribution in [3.8, 4) is 17.2 Å². The zero-order valence-corrected chi connectivity index (χ0v) is 20.4. The lowest BCUT2D eigenvalue weighted by molar-refractivity contribution is 0.0825. The first-order valence-electron chi connectivity index (χ1n) is 11.3. The highest BCUT2D eigenvalue weighted by Gasteiger charge is 2.39. The number of aromatic nitrogens is 1. The third-order valence-electron chi connectivity index (χ3n) is 6.41. The van der Waals surface area contributed by atoms with E-state index in [4.69, 9.17) is 16.3 Å². The molecule has 34 heavy (non-hydrogen) atoms. The van der Waals surface area contributed by atoms with Crippen LogP contribution in [0.4, 0.5) is 10.6 Å². The van der Waals surface area contributed by atoms with E-state index < -0.39 is 0 Å². The summed E-state index contributed by atoms with van der Waals surface area (Å²) in [4.78, 5) is 34.3. The van der Waals surface area contributed by atoms with Crippen molar-refractivity contribution in [1.82, 2.24) is 14.8 Å². The molecule has 9 heteroatoms. The van der Waals surface area contributed by atoms with Gasteiger partial charge in [-0.15, -0.1) is 0 Å². The molecule has 2 amide bonds. The minimum absolute atomic E-state index is 0.164. The molecule has 1 saturated carbocycles. The van der Waals surface area contributed by atoms with E-state index in [1.165, 1.54) is 4.90 Å². The summed E-state index contributed by atoms with van der Waals surface area (Å²) < 4.78 is 5.47. The van der Waals surface area contributed by atoms with Gasteiger partial charge in [0.2, 0.25) is 0 Å². The van der Waals surface area contributed by atoms with Crippen molar-refractivity contribution in [2.24, 2.45) is 5.41 Å². The molecule has 1 aromatic carbocycles. The number of nitrogens with zero attached hydrogens (tertiary/aromatic N) is 5. The molecule has 2 aliphatic rings. The number of carbonyl (C=O) groups excluding carboxylic acids is 2. The van der Waals surface area contributed by atoms with E-state index in [1.54, 1.807) is 49.5 Å². The number of hydrogen-bond donors (Lipinski definition) is 0. The van der Waals surface area contributed by atoms with Crippen molar-refractivity contribution in [3.05, 3.63) is 46.6 Å². The van der Waals surface area contributed by atoms with Crippen LogP contribution >= 0.6 is 11.6 Å². The second-order valence-corrected chi connectivity index (χ2v) is 9.85. The number of carbonyl (C=O) groups is 2. The first-order valence-corrected chi connectivity index (χ1v) is 11.7. The van der Waals surface area contributed by atoms with Crippen molar-refractivity contribution in [1.29, 1.82) is 5.26 Å². The molecule has 0 N–H and O–H groups in total. The fourth-order valence-corrected chi connectivity index (χ4v) is 4.11. The monoisotopic (exact) mass is 481 g/mol. The number of anilines is 1. The minimum Gasteiger partial charge on any atom is -0.449 e. The number of pyridine rings is 1. The Labute approximate surface area is 204 Å². The normalized spacial score (nSPS) is 16.6. The lowest BCUT2D eigenvalue weighted by Gasteiger charge is -2.35. The lowest BCUT2D eigenvalue weighted by Crippen LogP contribution is -2.49. The number of amides is 2. The number of nitriles is 1. The van der Waals surface area contributed by atoms with Crippen LogP contribution in [0.3, 0.4) is 0 Å². The maximum Gasteiger partial charge on any atom is 0.409 e. The van der Waals surface area contributed by atoms with E-state index in [9.17, 15) is 14.9 Å². The summed E-state index contributed by atoms with van der Waals surface area (Å²) in [5, 5.41) is 10.1. The fraction of sp³-hybridized carbons (Fsp3) is 0.440. The standard InChI is InChI=1S/C25H28ClN5O3/c1-25(6-7-25)16-34-24(33)31-10-8-30(9-11-31)22-18(14-27)12-19(15-28-22)17-4-5-20(21(26)13-17)23(32)29(2)3/h4-5,12-13,15H,6-11,16H2,1-3H3. The van der Waals surface area contributed by atoms with Gasteiger partial charge in [-0.25, -0.2) is 9.78 Å². The topological polar surface area (TPSA) is 89.8 Å². The van der Waals surface area contributed by atoms with E-state index >= 15 is 0 Å². The predicted molar refractivity (Wildman–Crippen MR) is 130 cm³/mol. The Morgan fingerprint density at radius 2 is 1.88 bits per heavy atom. The summed E-state index contributed by atoms with van der Waals surface area (Å²) in [6.07, 6.45) is 3.64. The molecule has 178 valence electrons. The van der Waals surface area contributed by atoms with Crippen LogP contribution in [-0.2, 0) is 4.74 Å². The van der Waals surface area contributed by atoms with Crippen molar-refractivity contribution < 1.29 is 14.3 Å². The molecular formula is C25H28ClN5O3. The molecule has 2 fully saturated rings. The third kappa shape index (κ3) is 5.10. The highest BCUT2D eigenvalue weighted by Crippen LogP contribution is 2.45. The first kappa shape index (κ1) is 23.8. The summed E-state index contributed by atoms with van der Waals surface area (Å²) in [5.74, 6) is 0.419. The van der Waals surface area contributed by atoms with Gasteiger partial charge in [0, 0.05) is 57.4 Å². The number of rotatable bonds is 5. The first-order chi connectivity index (χ1) is 16.2. The van der Waals surface area contributed by atoms with Gasteiger partial charge in [-0.1, -0.05) is 24.6 Å². The largest absolute Gasteiger partial charge is 0.449 e. The van der Waals surface area contributed by atoms with Gasteiger partial charge in [-0.2, -0.15) is 5.26 Å². The van der Waals surface area contributed by atoms with Gasteiger partial charge in [-0.3, -0.25) is 4.79 Å². The van der Waals surface area contributed by atoms with E-state index in [-0.39, 0.29) is 17.4 Å². The number of hydrogen-bond acceptors (Lipinski definition) is 6. The van der Waals surface area contributed by atoms with Gasteiger partial charge in [0.25, 0.3) is 5.91 Å². The minimum atomic E-state index is -0.273. The van der Waals surface area contributed by atoms with Crippen LogP contribution < -0.4 is 4.90 Å². The number of benzene rings is 1. The molecule has 1 aliphatic heterocycles. The molecular weight excluding hydrogens is 454 g/mol. The Kier molecular flexibility index (Phi) is 6.67. The highest BCUT2D eigenvalue weighted by atomic mass is 35.5. The number of halogens is 1. The Morgan fingerprint density at radius 1 is 1.18 bits per heavy atom. The van der Waals surface area contributed by atoms with E-state index in [0.717, 1.165) is 24.0 Å². The molecule has 2 heterocycles. The van der Waals surface area contributed by atoms with Gasteiger partial charge in [-0.05, 0) is 36.6 Å². The van der Waals surface area contributed by atoms with Crippen molar-refractivity contribution in [2.45, 2.75) is 19.8 Å². The van der Waals surface area contributed by atoms with Crippen LogP contribution in [0.2, 0.25) is 5.02 Å². The Hall–Kier alpha value is -3.31. The summed E-state index contributed by atoms with van der Waals surface area (Å²) in [6.45, 7) is 4.77. The van der Waals surface area contributed by atoms with E-state index in [2.05, 4.69) is 18.0 Å². The molecule has 0 radical (unpaired) electrons. The van der Waals surface area contributed by atoms with E-state index in [0.29, 0.717) is 54.8 Å². The smallest absolute Gasteiger partial charge is 0.409 e. The molecule has 0 atom stereocenters. The average molecular weight is 482 g/mol. The van der Waals surface area contributed by atoms with Gasteiger partial charge < -0.3 is 19.4 Å². The van der Waals surface area contributed by atoms with Gasteiger partial charge in [0.1, 0.15) is 11.9 Å². The highest BCUT2D eigenvalue weighted by molar-refractivity contribution is 6.34. The Morgan fingerprint density at radius 3 is 2.47 bits per heavy atom. The van der Waals surface area contributed by atoms with Crippen molar-refractivity contribution in [3.63, 3.8) is 0 Å². The van der Waals surface area contributed by atoms with Crippen molar-refractivity contribution >= 4 is 29.4 Å². The predicted octanol–water partition coefficient (Wildman–Crippen LogP) is 4.03. The van der Waals surface area contributed by atoms with Crippen LogP contribution in [0.15, 0.2) is 30.5 Å². The molecule has 1 aromatic heterocycles. The molecule has 1 saturated heterocycles. The van der Waals surface area contributed by atoms with Crippen LogP contribution in [0.25, 0.3) is 11.1 Å². The van der Waals surface area contributed by atoms with Gasteiger partial charge in [0.05, 0.1) is 22.8 Å². The molecule has 0 unspecified atom stereocenters. The molecule has 8 nitrogen and oxygen atoms in total. The van der Waals surface area contributed by atoms with Gasteiger partial charge >= 0.3 is 6.09 Å². The zero-order valence-electron chi connectivity index (χ0n) is 19.7. The van der Waals surface area contributed by atoms with Crippen LogP contribution in [0.5, 0.6) is 0 Å².